The number of benzene rings is 1. The first kappa shape index (κ1) is 15.3. The molecule has 0 atom stereocenters. The topological polar surface area (TPSA) is 47.0 Å². The normalized spacial score (nSPS) is 10.7. The largest absolute Gasteiger partial charge is 0.421 e. The van der Waals surface area contributed by atoms with Gasteiger partial charge in [-0.25, -0.2) is 9.37 Å². The van der Waals surface area contributed by atoms with Crippen LogP contribution in [-0.4, -0.2) is 16.5 Å². The highest BCUT2D eigenvalue weighted by atomic mass is 19.2. The van der Waals surface area contributed by atoms with Gasteiger partial charge in [0.15, 0.2) is 11.6 Å². The number of aryl methyl sites for hydroxylation is 1. The molecular weight excluding hydrogens is 276 g/mol. The molecule has 0 aliphatic rings. The maximum absolute atomic E-state index is 13.5. The van der Waals surface area contributed by atoms with Crippen LogP contribution in [0.2, 0.25) is 0 Å². The van der Waals surface area contributed by atoms with E-state index in [-0.39, 0.29) is 11.8 Å². The van der Waals surface area contributed by atoms with Gasteiger partial charge in [-0.05, 0) is 32.0 Å². The summed E-state index contributed by atoms with van der Waals surface area (Å²) in [7, 11) is 0. The molecule has 4 nitrogen and oxygen atoms in total. The zero-order valence-electron chi connectivity index (χ0n) is 12.0. The van der Waals surface area contributed by atoms with Crippen LogP contribution >= 0.6 is 0 Å². The summed E-state index contributed by atoms with van der Waals surface area (Å²) in [6, 6.07) is 3.71. The number of halogens is 2. The Balaban J connectivity index is 2.11. The van der Waals surface area contributed by atoms with Crippen LogP contribution in [0.1, 0.15) is 24.6 Å². The van der Waals surface area contributed by atoms with Crippen molar-refractivity contribution in [1.29, 1.82) is 0 Å². The maximum atomic E-state index is 13.5. The summed E-state index contributed by atoms with van der Waals surface area (Å²) in [5.41, 5.74) is 1.68. The molecule has 2 aromatic rings. The third kappa shape index (κ3) is 3.95. The molecular formula is C15H17F2N3O. The van der Waals surface area contributed by atoms with Gasteiger partial charge in [-0.15, -0.1) is 0 Å². The van der Waals surface area contributed by atoms with Crippen LogP contribution in [0, 0.1) is 18.6 Å². The SMILES string of the molecule is CCCNCc1cnc(Oc2cccc(F)c2F)nc1C. The average molecular weight is 293 g/mol. The molecule has 0 bridgehead atoms. The van der Waals surface area contributed by atoms with E-state index in [1.807, 2.05) is 6.92 Å². The predicted octanol–water partition coefficient (Wildman–Crippen LogP) is 3.36. The molecule has 21 heavy (non-hydrogen) atoms. The molecule has 0 aliphatic heterocycles. The van der Waals surface area contributed by atoms with Gasteiger partial charge in [0, 0.05) is 24.0 Å². The van der Waals surface area contributed by atoms with E-state index >= 15 is 0 Å². The molecule has 1 heterocycles. The van der Waals surface area contributed by atoms with E-state index in [9.17, 15) is 8.78 Å². The predicted molar refractivity (Wildman–Crippen MR) is 75.2 cm³/mol. The highest BCUT2D eigenvalue weighted by Gasteiger charge is 2.12. The van der Waals surface area contributed by atoms with E-state index in [1.165, 1.54) is 12.1 Å². The lowest BCUT2D eigenvalue weighted by atomic mass is 10.2. The van der Waals surface area contributed by atoms with Gasteiger partial charge in [0.2, 0.25) is 5.82 Å². The van der Waals surface area contributed by atoms with Crippen LogP contribution in [0.4, 0.5) is 8.78 Å². The van der Waals surface area contributed by atoms with Crippen molar-refractivity contribution in [3.8, 4) is 11.8 Å². The van der Waals surface area contributed by atoms with Gasteiger partial charge < -0.3 is 10.1 Å². The van der Waals surface area contributed by atoms with E-state index in [2.05, 4.69) is 22.2 Å². The van der Waals surface area contributed by atoms with Gasteiger partial charge in [-0.1, -0.05) is 13.0 Å². The molecule has 1 N–H and O–H groups in total. The van der Waals surface area contributed by atoms with Crippen LogP contribution in [0.5, 0.6) is 11.8 Å². The fourth-order valence-electron chi connectivity index (χ4n) is 1.75. The highest BCUT2D eigenvalue weighted by Crippen LogP contribution is 2.23. The average Bonchev–Trinajstić information content (AvgIpc) is 2.46. The first-order valence-corrected chi connectivity index (χ1v) is 6.77. The van der Waals surface area contributed by atoms with Crippen molar-refractivity contribution in [3.63, 3.8) is 0 Å². The Hall–Kier alpha value is -2.08. The van der Waals surface area contributed by atoms with Gasteiger partial charge in [0.05, 0.1) is 0 Å². The number of aromatic nitrogens is 2. The summed E-state index contributed by atoms with van der Waals surface area (Å²) in [5, 5.41) is 3.25. The Labute approximate surface area is 122 Å². The van der Waals surface area contributed by atoms with Gasteiger partial charge >= 0.3 is 6.01 Å². The van der Waals surface area contributed by atoms with Crippen LogP contribution in [-0.2, 0) is 6.54 Å². The maximum Gasteiger partial charge on any atom is 0.322 e. The summed E-state index contributed by atoms with van der Waals surface area (Å²) in [6.45, 7) is 5.47. The fraction of sp³-hybridized carbons (Fsp3) is 0.333. The Morgan fingerprint density at radius 1 is 1.29 bits per heavy atom. The molecule has 0 fully saturated rings. The minimum absolute atomic E-state index is 0.00348. The van der Waals surface area contributed by atoms with Gasteiger partial charge in [0.1, 0.15) is 0 Å². The summed E-state index contributed by atoms with van der Waals surface area (Å²) in [6.07, 6.45) is 2.66. The van der Waals surface area contributed by atoms with Crippen molar-refractivity contribution < 1.29 is 13.5 Å². The third-order valence-corrected chi connectivity index (χ3v) is 2.92. The zero-order chi connectivity index (χ0) is 15.2. The summed E-state index contributed by atoms with van der Waals surface area (Å²) < 4.78 is 31.8. The lowest BCUT2D eigenvalue weighted by Gasteiger charge is -2.09. The van der Waals surface area contributed by atoms with Gasteiger partial charge in [0.25, 0.3) is 0 Å². The quantitative estimate of drug-likeness (QED) is 0.830. The first-order chi connectivity index (χ1) is 10.1. The molecule has 0 unspecified atom stereocenters. The second-order valence-electron chi connectivity index (χ2n) is 4.59. The van der Waals surface area contributed by atoms with Crippen LogP contribution in [0.15, 0.2) is 24.4 Å². The first-order valence-electron chi connectivity index (χ1n) is 6.77. The molecule has 112 valence electrons. The van der Waals surface area contributed by atoms with E-state index in [0.717, 1.165) is 30.3 Å². The van der Waals surface area contributed by atoms with Gasteiger partial charge in [-0.2, -0.15) is 9.37 Å². The van der Waals surface area contributed by atoms with Crippen molar-refractivity contribution in [3.05, 3.63) is 47.3 Å². The van der Waals surface area contributed by atoms with Crippen LogP contribution < -0.4 is 10.1 Å². The third-order valence-electron chi connectivity index (χ3n) is 2.92. The monoisotopic (exact) mass is 293 g/mol. The smallest absolute Gasteiger partial charge is 0.322 e. The minimum atomic E-state index is -1.05. The number of hydrogen-bond acceptors (Lipinski definition) is 4. The summed E-state index contributed by atoms with van der Waals surface area (Å²) >= 11 is 0. The molecule has 0 saturated carbocycles. The highest BCUT2D eigenvalue weighted by molar-refractivity contribution is 5.28. The van der Waals surface area contributed by atoms with Crippen molar-refractivity contribution in [2.45, 2.75) is 26.8 Å². The van der Waals surface area contributed by atoms with E-state index in [0.29, 0.717) is 6.54 Å². The molecule has 1 aromatic heterocycles. The molecule has 0 aliphatic carbocycles. The zero-order valence-corrected chi connectivity index (χ0v) is 12.0. The second kappa shape index (κ2) is 7.08. The lowest BCUT2D eigenvalue weighted by molar-refractivity contribution is 0.391. The lowest BCUT2D eigenvalue weighted by Crippen LogP contribution is -2.15. The van der Waals surface area contributed by atoms with E-state index in [4.69, 9.17) is 4.74 Å². The van der Waals surface area contributed by atoms with Gasteiger partial charge in [-0.3, -0.25) is 0 Å². The molecule has 0 spiro atoms. The number of nitrogens with zero attached hydrogens (tertiary/aromatic N) is 2. The Morgan fingerprint density at radius 3 is 2.81 bits per heavy atom. The summed E-state index contributed by atoms with van der Waals surface area (Å²) in [4.78, 5) is 8.18. The number of hydrogen-bond donors (Lipinski definition) is 1. The molecule has 0 saturated heterocycles. The standard InChI is InChI=1S/C15H17F2N3O/c1-3-7-18-8-11-9-19-15(20-10(11)2)21-13-6-4-5-12(16)14(13)17/h4-6,9,18H,3,7-8H2,1-2H3. The Bertz CT molecular complexity index is 620. The minimum Gasteiger partial charge on any atom is -0.421 e. The number of nitrogens with one attached hydrogen (secondary N) is 1. The number of rotatable bonds is 6. The van der Waals surface area contributed by atoms with Crippen molar-refractivity contribution in [2.75, 3.05) is 6.54 Å². The summed E-state index contributed by atoms with van der Waals surface area (Å²) in [5.74, 6) is -2.25. The van der Waals surface area contributed by atoms with E-state index in [1.54, 1.807) is 6.20 Å². The van der Waals surface area contributed by atoms with Crippen molar-refractivity contribution in [1.82, 2.24) is 15.3 Å². The Morgan fingerprint density at radius 2 is 2.10 bits per heavy atom. The molecule has 6 heteroatoms. The molecule has 2 rings (SSSR count). The van der Waals surface area contributed by atoms with Crippen molar-refractivity contribution >= 4 is 0 Å². The number of ether oxygens (including phenoxy) is 1. The molecule has 1 aromatic carbocycles. The van der Waals surface area contributed by atoms with Crippen LogP contribution in [0.25, 0.3) is 0 Å². The second-order valence-corrected chi connectivity index (χ2v) is 4.59. The Kier molecular flexibility index (Phi) is 5.16. The van der Waals surface area contributed by atoms with E-state index < -0.39 is 11.6 Å². The van der Waals surface area contributed by atoms with Crippen molar-refractivity contribution in [2.24, 2.45) is 0 Å². The molecule has 0 radical (unpaired) electrons. The molecule has 0 amide bonds. The fourth-order valence-corrected chi connectivity index (χ4v) is 1.75. The van der Waals surface area contributed by atoms with Crippen LogP contribution in [0.3, 0.4) is 0 Å².